The van der Waals surface area contributed by atoms with Crippen molar-refractivity contribution in [3.63, 3.8) is 0 Å². The van der Waals surface area contributed by atoms with Gasteiger partial charge in [0.05, 0.1) is 11.7 Å². The summed E-state index contributed by atoms with van der Waals surface area (Å²) >= 11 is 0. The van der Waals surface area contributed by atoms with E-state index in [2.05, 4.69) is 15.6 Å². The SMILES string of the molecule is CC1=CC2(NC(=O)NC2=O)C2C=CC=NC2O1. The number of urea groups is 1. The van der Waals surface area contributed by atoms with Gasteiger partial charge < -0.3 is 10.1 Å². The maximum absolute atomic E-state index is 12.0. The molecule has 88 valence electrons. The van der Waals surface area contributed by atoms with E-state index in [1.807, 2.05) is 6.08 Å². The van der Waals surface area contributed by atoms with Crippen LogP contribution in [0.15, 0.2) is 29.0 Å². The molecule has 3 atom stereocenters. The molecule has 0 bridgehead atoms. The summed E-state index contributed by atoms with van der Waals surface area (Å²) in [6.07, 6.45) is 6.38. The zero-order chi connectivity index (χ0) is 12.0. The molecule has 3 heterocycles. The van der Waals surface area contributed by atoms with E-state index in [9.17, 15) is 9.59 Å². The lowest BCUT2D eigenvalue weighted by Gasteiger charge is -2.39. The van der Waals surface area contributed by atoms with Crippen molar-refractivity contribution >= 4 is 18.2 Å². The number of carbonyl (C=O) groups excluding carboxylic acids is 2. The van der Waals surface area contributed by atoms with Crippen LogP contribution in [0.5, 0.6) is 0 Å². The molecule has 0 aromatic carbocycles. The largest absolute Gasteiger partial charge is 0.473 e. The van der Waals surface area contributed by atoms with Gasteiger partial charge in [-0.25, -0.2) is 4.79 Å². The van der Waals surface area contributed by atoms with Crippen LogP contribution in [0.2, 0.25) is 0 Å². The summed E-state index contributed by atoms with van der Waals surface area (Å²) in [5, 5.41) is 4.92. The molecule has 3 aliphatic rings. The van der Waals surface area contributed by atoms with Crippen LogP contribution in [0.1, 0.15) is 6.92 Å². The maximum Gasteiger partial charge on any atom is 0.322 e. The van der Waals surface area contributed by atoms with Gasteiger partial charge in [-0.1, -0.05) is 6.08 Å². The summed E-state index contributed by atoms with van der Waals surface area (Å²) in [5.41, 5.74) is -1.07. The maximum atomic E-state index is 12.0. The van der Waals surface area contributed by atoms with Crippen LogP contribution in [0.4, 0.5) is 4.79 Å². The fourth-order valence-corrected chi connectivity index (χ4v) is 2.43. The molecule has 0 aromatic rings. The number of hydrogen-bond donors (Lipinski definition) is 2. The zero-order valence-electron chi connectivity index (χ0n) is 9.14. The standard InChI is InChI=1S/C11H11N3O3/c1-6-5-11(9(15)13-10(16)14-11)7-3-2-4-12-8(7)17-6/h2-5,7-8H,1H3,(H2,13,14,15,16). The van der Waals surface area contributed by atoms with Crippen molar-refractivity contribution in [3.8, 4) is 0 Å². The Balaban J connectivity index is 2.11. The minimum absolute atomic E-state index is 0.317. The number of dihydropyridines is 1. The van der Waals surface area contributed by atoms with E-state index >= 15 is 0 Å². The van der Waals surface area contributed by atoms with Crippen LogP contribution in [0.25, 0.3) is 0 Å². The number of nitrogens with one attached hydrogen (secondary N) is 2. The minimum Gasteiger partial charge on any atom is -0.473 e. The summed E-state index contributed by atoms with van der Waals surface area (Å²) in [5.74, 6) is -0.0967. The molecule has 0 aromatic heterocycles. The number of fused-ring (bicyclic) bond motifs is 2. The molecule has 3 rings (SSSR count). The van der Waals surface area contributed by atoms with Gasteiger partial charge in [-0.3, -0.25) is 15.1 Å². The molecule has 1 fully saturated rings. The van der Waals surface area contributed by atoms with E-state index < -0.39 is 17.8 Å². The molecule has 1 spiro atoms. The normalized spacial score (nSPS) is 38.3. The third-order valence-corrected chi connectivity index (χ3v) is 3.13. The lowest BCUT2D eigenvalue weighted by Crippen LogP contribution is -2.57. The predicted octanol–water partition coefficient (Wildman–Crippen LogP) is 0.0815. The number of amides is 3. The molecular formula is C11H11N3O3. The molecule has 1 saturated heterocycles. The van der Waals surface area contributed by atoms with Gasteiger partial charge in [0, 0.05) is 6.21 Å². The zero-order valence-corrected chi connectivity index (χ0v) is 9.14. The topological polar surface area (TPSA) is 79.8 Å². The van der Waals surface area contributed by atoms with E-state index in [1.165, 1.54) is 0 Å². The molecule has 6 heteroatoms. The lowest BCUT2D eigenvalue weighted by molar-refractivity contribution is -0.126. The first-order valence-corrected chi connectivity index (χ1v) is 5.31. The number of carbonyl (C=O) groups is 2. The number of aliphatic imine (C=N–C) groups is 1. The number of imide groups is 1. The highest BCUT2D eigenvalue weighted by Gasteiger charge is 2.55. The summed E-state index contributed by atoms with van der Waals surface area (Å²) in [6, 6.07) is -0.484. The van der Waals surface area contributed by atoms with Crippen LogP contribution >= 0.6 is 0 Å². The highest BCUT2D eigenvalue weighted by atomic mass is 16.5. The quantitative estimate of drug-likeness (QED) is 0.581. The van der Waals surface area contributed by atoms with Gasteiger partial charge in [-0.15, -0.1) is 0 Å². The van der Waals surface area contributed by atoms with Crippen molar-refractivity contribution in [2.24, 2.45) is 10.9 Å². The minimum atomic E-state index is -1.07. The van der Waals surface area contributed by atoms with Gasteiger partial charge in [0.25, 0.3) is 5.91 Å². The van der Waals surface area contributed by atoms with Crippen molar-refractivity contribution < 1.29 is 14.3 Å². The molecular weight excluding hydrogens is 222 g/mol. The lowest BCUT2D eigenvalue weighted by atomic mass is 9.79. The predicted molar refractivity (Wildman–Crippen MR) is 59.2 cm³/mol. The molecule has 2 N–H and O–H groups in total. The first kappa shape index (κ1) is 10.1. The van der Waals surface area contributed by atoms with E-state index in [1.54, 1.807) is 25.3 Å². The van der Waals surface area contributed by atoms with Crippen LogP contribution < -0.4 is 10.6 Å². The Bertz CT molecular complexity index is 494. The molecule has 3 unspecified atom stereocenters. The number of ether oxygens (including phenoxy) is 1. The van der Waals surface area contributed by atoms with E-state index in [4.69, 9.17) is 4.74 Å². The third-order valence-electron chi connectivity index (χ3n) is 3.13. The van der Waals surface area contributed by atoms with Crippen molar-refractivity contribution in [2.45, 2.75) is 18.7 Å². The Labute approximate surface area is 97.4 Å². The molecule has 17 heavy (non-hydrogen) atoms. The third kappa shape index (κ3) is 1.30. The smallest absolute Gasteiger partial charge is 0.322 e. The van der Waals surface area contributed by atoms with Gasteiger partial charge in [0.2, 0.25) is 0 Å². The summed E-state index contributed by atoms with van der Waals surface area (Å²) < 4.78 is 5.54. The average molecular weight is 233 g/mol. The van der Waals surface area contributed by atoms with E-state index in [0.717, 1.165) is 0 Å². The number of rotatable bonds is 0. The van der Waals surface area contributed by atoms with Gasteiger partial charge >= 0.3 is 6.03 Å². The first-order chi connectivity index (χ1) is 8.12. The van der Waals surface area contributed by atoms with E-state index in [0.29, 0.717) is 5.76 Å². The van der Waals surface area contributed by atoms with Gasteiger partial charge in [0.15, 0.2) is 11.8 Å². The van der Waals surface area contributed by atoms with Crippen molar-refractivity contribution in [3.05, 3.63) is 24.0 Å². The Morgan fingerprint density at radius 3 is 3.00 bits per heavy atom. The van der Waals surface area contributed by atoms with Gasteiger partial charge in [0.1, 0.15) is 0 Å². The summed E-state index contributed by atoms with van der Waals surface area (Å²) in [6.45, 7) is 1.74. The highest BCUT2D eigenvalue weighted by molar-refractivity contribution is 6.09. The molecule has 0 aliphatic carbocycles. The van der Waals surface area contributed by atoms with Crippen LogP contribution in [0.3, 0.4) is 0 Å². The fourth-order valence-electron chi connectivity index (χ4n) is 2.43. The Kier molecular flexibility index (Phi) is 1.89. The first-order valence-electron chi connectivity index (χ1n) is 5.31. The number of allylic oxidation sites excluding steroid dienone is 2. The average Bonchev–Trinajstić information content (AvgIpc) is 2.54. The molecule has 0 radical (unpaired) electrons. The van der Waals surface area contributed by atoms with Crippen LogP contribution in [-0.2, 0) is 9.53 Å². The van der Waals surface area contributed by atoms with Crippen molar-refractivity contribution in [1.82, 2.24) is 10.6 Å². The number of hydrogen-bond acceptors (Lipinski definition) is 4. The van der Waals surface area contributed by atoms with Gasteiger partial charge in [-0.2, -0.15) is 0 Å². The van der Waals surface area contributed by atoms with Gasteiger partial charge in [-0.05, 0) is 19.1 Å². The summed E-state index contributed by atoms with van der Waals surface area (Å²) in [7, 11) is 0. The van der Waals surface area contributed by atoms with Crippen LogP contribution in [0, 0.1) is 5.92 Å². The number of nitrogens with zero attached hydrogens (tertiary/aromatic N) is 1. The second-order valence-corrected chi connectivity index (χ2v) is 4.25. The molecule has 3 aliphatic heterocycles. The monoisotopic (exact) mass is 233 g/mol. The summed E-state index contributed by atoms with van der Waals surface area (Å²) in [4.78, 5) is 27.5. The molecule has 3 amide bonds. The Morgan fingerprint density at radius 2 is 2.29 bits per heavy atom. The van der Waals surface area contributed by atoms with Crippen LogP contribution in [-0.4, -0.2) is 29.9 Å². The Hall–Kier alpha value is -2.11. The van der Waals surface area contributed by atoms with E-state index in [-0.39, 0.29) is 11.8 Å². The second-order valence-electron chi connectivity index (χ2n) is 4.25. The highest BCUT2D eigenvalue weighted by Crippen LogP contribution is 2.36. The second kappa shape index (κ2) is 3.19. The van der Waals surface area contributed by atoms with Crippen molar-refractivity contribution in [1.29, 1.82) is 0 Å². The Morgan fingerprint density at radius 1 is 1.47 bits per heavy atom. The van der Waals surface area contributed by atoms with Crippen molar-refractivity contribution in [2.75, 3.05) is 0 Å². The molecule has 0 saturated carbocycles. The molecule has 6 nitrogen and oxygen atoms in total. The fraction of sp³-hybridized carbons (Fsp3) is 0.364.